The van der Waals surface area contributed by atoms with Gasteiger partial charge in [0.05, 0.1) is 12.3 Å². The Balaban J connectivity index is 2.16. The van der Waals surface area contributed by atoms with E-state index in [0.717, 1.165) is 5.75 Å². The lowest BCUT2D eigenvalue weighted by Gasteiger charge is -2.07. The van der Waals surface area contributed by atoms with Gasteiger partial charge < -0.3 is 10.1 Å². The molecule has 0 aliphatic rings. The van der Waals surface area contributed by atoms with E-state index in [-0.39, 0.29) is 5.91 Å². The van der Waals surface area contributed by atoms with Crippen LogP contribution in [0.1, 0.15) is 0 Å². The Labute approximate surface area is 105 Å². The summed E-state index contributed by atoms with van der Waals surface area (Å²) >= 11 is 7.23. The van der Waals surface area contributed by atoms with Crippen LogP contribution in [0, 0.1) is 0 Å². The fraction of sp³-hybridized carbons (Fsp3) is 0.364. The van der Waals surface area contributed by atoms with Crippen LogP contribution in [0.3, 0.4) is 0 Å². The van der Waals surface area contributed by atoms with E-state index in [1.165, 1.54) is 11.8 Å². The fourth-order valence-electron chi connectivity index (χ4n) is 1.07. The van der Waals surface area contributed by atoms with Gasteiger partial charge in [0.15, 0.2) is 0 Å². The number of thioether (sulfide) groups is 1. The van der Waals surface area contributed by atoms with E-state index < -0.39 is 0 Å². The van der Waals surface area contributed by atoms with Gasteiger partial charge in [0.2, 0.25) is 5.91 Å². The Morgan fingerprint density at radius 2 is 2.12 bits per heavy atom. The molecule has 0 radical (unpaired) electrons. The SMILES string of the molecule is CSCC(=O)NCCOc1ccc(Cl)cc1. The largest absolute Gasteiger partial charge is 0.492 e. The van der Waals surface area contributed by atoms with Gasteiger partial charge in [0.25, 0.3) is 0 Å². The molecule has 0 saturated heterocycles. The number of carbonyl (C=O) groups is 1. The van der Waals surface area contributed by atoms with Crippen molar-refractivity contribution < 1.29 is 9.53 Å². The van der Waals surface area contributed by atoms with Crippen LogP contribution in [0.15, 0.2) is 24.3 Å². The molecule has 1 amide bonds. The Morgan fingerprint density at radius 1 is 1.44 bits per heavy atom. The number of ether oxygens (including phenoxy) is 1. The molecule has 5 heteroatoms. The zero-order valence-electron chi connectivity index (χ0n) is 9.03. The first-order valence-corrected chi connectivity index (χ1v) is 6.63. The molecule has 0 aromatic heterocycles. The normalized spacial score (nSPS) is 9.88. The van der Waals surface area contributed by atoms with Crippen LogP contribution < -0.4 is 10.1 Å². The van der Waals surface area contributed by atoms with Gasteiger partial charge in [-0.3, -0.25) is 4.79 Å². The highest BCUT2D eigenvalue weighted by Crippen LogP contribution is 2.14. The summed E-state index contributed by atoms with van der Waals surface area (Å²) in [5.41, 5.74) is 0. The summed E-state index contributed by atoms with van der Waals surface area (Å²) in [5.74, 6) is 1.27. The topological polar surface area (TPSA) is 38.3 Å². The molecular weight excluding hydrogens is 246 g/mol. The zero-order valence-corrected chi connectivity index (χ0v) is 10.6. The minimum Gasteiger partial charge on any atom is -0.492 e. The van der Waals surface area contributed by atoms with Crippen molar-refractivity contribution in [1.82, 2.24) is 5.32 Å². The second-order valence-electron chi connectivity index (χ2n) is 3.09. The summed E-state index contributed by atoms with van der Waals surface area (Å²) < 4.78 is 5.41. The molecule has 0 atom stereocenters. The van der Waals surface area contributed by atoms with E-state index in [9.17, 15) is 4.79 Å². The van der Waals surface area contributed by atoms with Crippen molar-refractivity contribution in [2.24, 2.45) is 0 Å². The Hall–Kier alpha value is -0.870. The number of carbonyl (C=O) groups excluding carboxylic acids is 1. The lowest BCUT2D eigenvalue weighted by molar-refractivity contribution is -0.118. The minimum absolute atomic E-state index is 0.0345. The predicted molar refractivity (Wildman–Crippen MR) is 68.3 cm³/mol. The number of hydrogen-bond acceptors (Lipinski definition) is 3. The molecule has 0 unspecified atom stereocenters. The maximum Gasteiger partial charge on any atom is 0.230 e. The molecule has 0 fully saturated rings. The third kappa shape index (κ3) is 5.28. The monoisotopic (exact) mass is 259 g/mol. The van der Waals surface area contributed by atoms with Gasteiger partial charge in [-0.25, -0.2) is 0 Å². The maximum atomic E-state index is 11.1. The van der Waals surface area contributed by atoms with Gasteiger partial charge in [0.1, 0.15) is 12.4 Å². The van der Waals surface area contributed by atoms with Gasteiger partial charge in [-0.05, 0) is 30.5 Å². The summed E-state index contributed by atoms with van der Waals surface area (Å²) in [6, 6.07) is 7.13. The van der Waals surface area contributed by atoms with Gasteiger partial charge in [-0.1, -0.05) is 11.6 Å². The second kappa shape index (κ2) is 7.41. The van der Waals surface area contributed by atoms with Crippen molar-refractivity contribution in [1.29, 1.82) is 0 Å². The van der Waals surface area contributed by atoms with Crippen LogP contribution in [0.5, 0.6) is 5.75 Å². The van der Waals surface area contributed by atoms with Gasteiger partial charge >= 0.3 is 0 Å². The summed E-state index contributed by atoms with van der Waals surface area (Å²) in [5, 5.41) is 3.44. The smallest absolute Gasteiger partial charge is 0.230 e. The van der Waals surface area contributed by atoms with Crippen molar-refractivity contribution >= 4 is 29.3 Å². The standard InChI is InChI=1S/C11H14ClNO2S/c1-16-8-11(14)13-6-7-15-10-4-2-9(12)3-5-10/h2-5H,6-8H2,1H3,(H,13,14). The van der Waals surface area contributed by atoms with Crippen LogP contribution in [0.4, 0.5) is 0 Å². The molecule has 1 aromatic carbocycles. The van der Waals surface area contributed by atoms with Crippen molar-refractivity contribution in [3.05, 3.63) is 29.3 Å². The van der Waals surface area contributed by atoms with Crippen LogP contribution in [-0.2, 0) is 4.79 Å². The summed E-state index contributed by atoms with van der Waals surface area (Å²) in [7, 11) is 0. The molecule has 0 heterocycles. The molecule has 0 saturated carbocycles. The van der Waals surface area contributed by atoms with Gasteiger partial charge in [-0.15, -0.1) is 0 Å². The van der Waals surface area contributed by atoms with Gasteiger partial charge in [-0.2, -0.15) is 11.8 Å². The predicted octanol–water partition coefficient (Wildman–Crippen LogP) is 2.20. The van der Waals surface area contributed by atoms with E-state index in [0.29, 0.717) is 23.9 Å². The van der Waals surface area contributed by atoms with E-state index in [2.05, 4.69) is 5.32 Å². The molecule has 0 aliphatic heterocycles. The first-order valence-electron chi connectivity index (χ1n) is 4.86. The molecule has 16 heavy (non-hydrogen) atoms. The zero-order chi connectivity index (χ0) is 11.8. The molecule has 88 valence electrons. The number of halogens is 1. The van der Waals surface area contributed by atoms with Crippen LogP contribution >= 0.6 is 23.4 Å². The lowest BCUT2D eigenvalue weighted by Crippen LogP contribution is -2.29. The number of rotatable bonds is 6. The molecule has 3 nitrogen and oxygen atoms in total. The van der Waals surface area contributed by atoms with Crippen LogP contribution in [-0.4, -0.2) is 31.1 Å². The average molecular weight is 260 g/mol. The van der Waals surface area contributed by atoms with Crippen molar-refractivity contribution in [2.45, 2.75) is 0 Å². The average Bonchev–Trinajstić information content (AvgIpc) is 2.27. The Kier molecular flexibility index (Phi) is 6.11. The molecule has 1 rings (SSSR count). The Morgan fingerprint density at radius 3 is 2.75 bits per heavy atom. The van der Waals surface area contributed by atoms with E-state index in [1.807, 2.05) is 6.26 Å². The molecule has 0 spiro atoms. The Bertz CT molecular complexity index is 329. The van der Waals surface area contributed by atoms with Crippen molar-refractivity contribution in [3.63, 3.8) is 0 Å². The van der Waals surface area contributed by atoms with Crippen LogP contribution in [0.2, 0.25) is 5.02 Å². The number of benzene rings is 1. The minimum atomic E-state index is 0.0345. The fourth-order valence-corrected chi connectivity index (χ4v) is 1.56. The highest BCUT2D eigenvalue weighted by molar-refractivity contribution is 7.99. The number of amides is 1. The van der Waals surface area contributed by atoms with Crippen molar-refractivity contribution in [2.75, 3.05) is 25.2 Å². The number of hydrogen-bond donors (Lipinski definition) is 1. The molecule has 1 N–H and O–H groups in total. The molecule has 0 bridgehead atoms. The third-order valence-electron chi connectivity index (χ3n) is 1.78. The summed E-state index contributed by atoms with van der Waals surface area (Å²) in [4.78, 5) is 11.1. The third-order valence-corrected chi connectivity index (χ3v) is 2.58. The van der Waals surface area contributed by atoms with E-state index in [1.54, 1.807) is 24.3 Å². The first kappa shape index (κ1) is 13.2. The summed E-state index contributed by atoms with van der Waals surface area (Å²) in [6.07, 6.45) is 1.89. The quantitative estimate of drug-likeness (QED) is 0.796. The molecule has 0 aliphatic carbocycles. The first-order chi connectivity index (χ1) is 7.72. The number of nitrogens with one attached hydrogen (secondary N) is 1. The molecular formula is C11H14ClNO2S. The second-order valence-corrected chi connectivity index (χ2v) is 4.39. The lowest BCUT2D eigenvalue weighted by atomic mass is 10.3. The van der Waals surface area contributed by atoms with Gasteiger partial charge in [0, 0.05) is 5.02 Å². The summed E-state index contributed by atoms with van der Waals surface area (Å²) in [6.45, 7) is 0.976. The highest BCUT2D eigenvalue weighted by atomic mass is 35.5. The van der Waals surface area contributed by atoms with E-state index in [4.69, 9.17) is 16.3 Å². The van der Waals surface area contributed by atoms with Crippen molar-refractivity contribution in [3.8, 4) is 5.75 Å². The highest BCUT2D eigenvalue weighted by Gasteiger charge is 1.98. The van der Waals surface area contributed by atoms with E-state index >= 15 is 0 Å². The maximum absolute atomic E-state index is 11.1. The van der Waals surface area contributed by atoms with Crippen LogP contribution in [0.25, 0.3) is 0 Å². The molecule has 1 aromatic rings.